The van der Waals surface area contributed by atoms with E-state index in [4.69, 9.17) is 9.88 Å². The van der Waals surface area contributed by atoms with E-state index < -0.39 is 15.9 Å². The topological polar surface area (TPSA) is 111 Å². The molecule has 2 rings (SSSR count). The number of hydrogen-bond donors (Lipinski definition) is 2. The van der Waals surface area contributed by atoms with Gasteiger partial charge in [0.25, 0.3) is 5.91 Å². The maximum atomic E-state index is 12.1. The van der Waals surface area contributed by atoms with E-state index in [-0.39, 0.29) is 16.3 Å². The Hall–Kier alpha value is -2.45. The first-order valence-corrected chi connectivity index (χ1v) is 7.39. The number of pyridine rings is 1. The van der Waals surface area contributed by atoms with E-state index >= 15 is 0 Å². The minimum Gasteiger partial charge on any atom is -0.480 e. The van der Waals surface area contributed by atoms with Crippen molar-refractivity contribution in [2.24, 2.45) is 5.14 Å². The van der Waals surface area contributed by atoms with Crippen LogP contribution in [0.15, 0.2) is 47.5 Å². The Morgan fingerprint density at radius 2 is 2.05 bits per heavy atom. The van der Waals surface area contributed by atoms with Gasteiger partial charge in [-0.3, -0.25) is 4.79 Å². The Balaban J connectivity index is 2.28. The number of carbonyl (C=O) groups is 1. The number of carbonyl (C=O) groups excluding carboxylic acids is 1. The zero-order valence-corrected chi connectivity index (χ0v) is 11.9. The lowest BCUT2D eigenvalue weighted by atomic mass is 10.2. The minimum absolute atomic E-state index is 0.0848. The zero-order chi connectivity index (χ0) is 15.5. The number of nitrogens with zero attached hydrogens (tertiary/aromatic N) is 1. The van der Waals surface area contributed by atoms with Gasteiger partial charge in [-0.1, -0.05) is 6.07 Å². The second-order valence-electron chi connectivity index (χ2n) is 4.09. The molecule has 0 saturated heterocycles. The molecule has 0 radical (unpaired) electrons. The van der Waals surface area contributed by atoms with Crippen molar-refractivity contribution in [3.05, 3.63) is 48.2 Å². The first-order valence-electron chi connectivity index (χ1n) is 5.85. The molecular weight excluding hydrogens is 294 g/mol. The van der Waals surface area contributed by atoms with Crippen molar-refractivity contribution in [2.75, 3.05) is 12.4 Å². The molecule has 0 spiro atoms. The van der Waals surface area contributed by atoms with E-state index in [0.717, 1.165) is 0 Å². The van der Waals surface area contributed by atoms with Crippen molar-refractivity contribution in [2.45, 2.75) is 4.90 Å². The summed E-state index contributed by atoms with van der Waals surface area (Å²) in [5.41, 5.74) is 0.540. The summed E-state index contributed by atoms with van der Waals surface area (Å²) in [5.74, 6) is -0.288. The van der Waals surface area contributed by atoms with Crippen LogP contribution in [0.2, 0.25) is 0 Å². The van der Waals surface area contributed by atoms with Gasteiger partial charge in [0, 0.05) is 11.9 Å². The summed E-state index contributed by atoms with van der Waals surface area (Å²) in [7, 11) is -2.42. The number of benzene rings is 1. The lowest BCUT2D eigenvalue weighted by molar-refractivity contribution is 0.102. The lowest BCUT2D eigenvalue weighted by Crippen LogP contribution is -2.15. The Labute approximate surface area is 121 Å². The van der Waals surface area contributed by atoms with Crippen molar-refractivity contribution < 1.29 is 17.9 Å². The second-order valence-corrected chi connectivity index (χ2v) is 5.65. The number of primary sulfonamides is 1. The second kappa shape index (κ2) is 5.90. The highest BCUT2D eigenvalue weighted by Crippen LogP contribution is 2.18. The van der Waals surface area contributed by atoms with E-state index in [1.165, 1.54) is 31.5 Å². The summed E-state index contributed by atoms with van der Waals surface area (Å²) >= 11 is 0. The Bertz CT molecular complexity index is 774. The molecular formula is C13H13N3O4S. The van der Waals surface area contributed by atoms with Crippen LogP contribution in [0.5, 0.6) is 5.88 Å². The van der Waals surface area contributed by atoms with Crippen molar-refractivity contribution in [1.82, 2.24) is 4.98 Å². The fourth-order valence-electron chi connectivity index (χ4n) is 1.68. The largest absolute Gasteiger partial charge is 0.480 e. The molecule has 0 atom stereocenters. The summed E-state index contributed by atoms with van der Waals surface area (Å²) in [4.78, 5) is 16.0. The monoisotopic (exact) mass is 307 g/mol. The van der Waals surface area contributed by atoms with Gasteiger partial charge in [0.15, 0.2) is 0 Å². The highest BCUT2D eigenvalue weighted by atomic mass is 32.2. The van der Waals surface area contributed by atoms with Crippen LogP contribution in [0.3, 0.4) is 0 Å². The fourth-order valence-corrected chi connectivity index (χ4v) is 2.24. The number of anilines is 1. The molecule has 3 N–H and O–H groups in total. The molecule has 1 heterocycles. The quantitative estimate of drug-likeness (QED) is 0.875. The average Bonchev–Trinajstić information content (AvgIpc) is 2.46. The van der Waals surface area contributed by atoms with E-state index in [2.05, 4.69) is 10.3 Å². The predicted octanol–water partition coefficient (Wildman–Crippen LogP) is 0.990. The fraction of sp³-hybridized carbons (Fsp3) is 0.0769. The molecule has 0 saturated carbocycles. The number of methoxy groups -OCH3 is 1. The maximum Gasteiger partial charge on any atom is 0.261 e. The first kappa shape index (κ1) is 14.9. The molecule has 0 bridgehead atoms. The van der Waals surface area contributed by atoms with Gasteiger partial charge < -0.3 is 10.1 Å². The number of nitrogens with one attached hydrogen (secondary N) is 1. The summed E-state index contributed by atoms with van der Waals surface area (Å²) < 4.78 is 27.5. The maximum absolute atomic E-state index is 12.1. The number of aromatic nitrogens is 1. The van der Waals surface area contributed by atoms with Gasteiger partial charge in [-0.25, -0.2) is 18.5 Å². The molecule has 0 unspecified atom stereocenters. The number of rotatable bonds is 4. The molecule has 21 heavy (non-hydrogen) atoms. The van der Waals surface area contributed by atoms with Crippen LogP contribution in [0.4, 0.5) is 5.69 Å². The molecule has 1 aromatic heterocycles. The molecule has 0 aliphatic rings. The summed E-state index contributed by atoms with van der Waals surface area (Å²) in [6, 6.07) is 8.79. The lowest BCUT2D eigenvalue weighted by Gasteiger charge is -2.09. The SMILES string of the molecule is COc1ncccc1C(=O)Nc1cccc(S(N)(=O)=O)c1. The molecule has 8 heteroatoms. The summed E-state index contributed by atoms with van der Waals surface area (Å²) in [6.07, 6.45) is 1.50. The Kier molecular flexibility index (Phi) is 4.20. The van der Waals surface area contributed by atoms with Crippen molar-refractivity contribution >= 4 is 21.6 Å². The standard InChI is InChI=1S/C13H13N3O4S/c1-20-13-11(6-3-7-15-13)12(17)16-9-4-2-5-10(8-9)21(14,18)19/h2-8H,1H3,(H,16,17)(H2,14,18,19). The van der Waals surface area contributed by atoms with Crippen molar-refractivity contribution in [1.29, 1.82) is 0 Å². The van der Waals surface area contributed by atoms with Crippen LogP contribution < -0.4 is 15.2 Å². The van der Waals surface area contributed by atoms with Crippen LogP contribution in [0.25, 0.3) is 0 Å². The van der Waals surface area contributed by atoms with E-state index in [0.29, 0.717) is 5.69 Å². The van der Waals surface area contributed by atoms with Crippen LogP contribution in [0, 0.1) is 0 Å². The number of nitrogens with two attached hydrogens (primary N) is 1. The molecule has 0 aliphatic heterocycles. The minimum atomic E-state index is -3.83. The molecule has 7 nitrogen and oxygen atoms in total. The Morgan fingerprint density at radius 1 is 1.29 bits per heavy atom. The number of hydrogen-bond acceptors (Lipinski definition) is 5. The highest BCUT2D eigenvalue weighted by molar-refractivity contribution is 7.89. The molecule has 0 aliphatic carbocycles. The van der Waals surface area contributed by atoms with Gasteiger partial charge >= 0.3 is 0 Å². The van der Waals surface area contributed by atoms with Crippen LogP contribution >= 0.6 is 0 Å². The average molecular weight is 307 g/mol. The van der Waals surface area contributed by atoms with Crippen LogP contribution in [0.1, 0.15) is 10.4 Å². The van der Waals surface area contributed by atoms with Gasteiger partial charge in [-0.15, -0.1) is 0 Å². The van der Waals surface area contributed by atoms with Gasteiger partial charge in [0.1, 0.15) is 5.56 Å². The number of sulfonamides is 1. The predicted molar refractivity (Wildman–Crippen MR) is 76.6 cm³/mol. The van der Waals surface area contributed by atoms with Gasteiger partial charge in [0.05, 0.1) is 12.0 Å². The van der Waals surface area contributed by atoms with Crippen molar-refractivity contribution in [3.63, 3.8) is 0 Å². The summed E-state index contributed by atoms with van der Waals surface area (Å²) in [5, 5.41) is 7.61. The van der Waals surface area contributed by atoms with Crippen molar-refractivity contribution in [3.8, 4) is 5.88 Å². The molecule has 110 valence electrons. The van der Waals surface area contributed by atoms with Gasteiger partial charge in [-0.2, -0.15) is 0 Å². The highest BCUT2D eigenvalue weighted by Gasteiger charge is 2.14. The number of ether oxygens (including phenoxy) is 1. The normalized spacial score (nSPS) is 11.0. The third-order valence-electron chi connectivity index (χ3n) is 2.63. The molecule has 2 aromatic rings. The molecule has 0 fully saturated rings. The van der Waals surface area contributed by atoms with Gasteiger partial charge in [-0.05, 0) is 30.3 Å². The number of amides is 1. The molecule has 1 amide bonds. The first-order chi connectivity index (χ1) is 9.91. The van der Waals surface area contributed by atoms with E-state index in [9.17, 15) is 13.2 Å². The summed E-state index contributed by atoms with van der Waals surface area (Å²) in [6.45, 7) is 0. The zero-order valence-electron chi connectivity index (χ0n) is 11.1. The third kappa shape index (κ3) is 3.56. The third-order valence-corrected chi connectivity index (χ3v) is 3.54. The van der Waals surface area contributed by atoms with E-state index in [1.54, 1.807) is 18.2 Å². The van der Waals surface area contributed by atoms with Gasteiger partial charge in [0.2, 0.25) is 15.9 Å². The van der Waals surface area contributed by atoms with E-state index in [1.807, 2.05) is 0 Å². The smallest absolute Gasteiger partial charge is 0.261 e. The van der Waals surface area contributed by atoms with Crippen LogP contribution in [-0.4, -0.2) is 26.4 Å². The van der Waals surface area contributed by atoms with Crippen LogP contribution in [-0.2, 0) is 10.0 Å². The Morgan fingerprint density at radius 3 is 2.71 bits per heavy atom. The molecule has 1 aromatic carbocycles.